The standard InChI is InChI=1S/C24H30FN3O.C3H6O2.3C2H6/c1-5-17-7-6-12-27(14-17)23(29)20-10-11-21-22(26-20)24(3,4)15-28(21)18-9-8-16(2)19(25)13-18;1-3(4)5-2;3*1-2/h8-11,13,17H,5-7,12,14-15H2,1-4H3;1-2H3;3*1-2H3/t17-;;;;/m1..../s1. The molecule has 0 unspecified atom stereocenters. The molecule has 0 aliphatic carbocycles. The summed E-state index contributed by atoms with van der Waals surface area (Å²) in [6, 6.07) is 9.14. The first-order chi connectivity index (χ1) is 19.1. The van der Waals surface area contributed by atoms with Crippen molar-refractivity contribution in [3.8, 4) is 0 Å². The van der Waals surface area contributed by atoms with Crippen LogP contribution >= 0.6 is 0 Å². The smallest absolute Gasteiger partial charge is 0.302 e. The molecule has 3 heterocycles. The monoisotopic (exact) mass is 559 g/mol. The van der Waals surface area contributed by atoms with Gasteiger partial charge in [-0.1, -0.05) is 74.8 Å². The van der Waals surface area contributed by atoms with Gasteiger partial charge in [0.15, 0.2) is 0 Å². The van der Waals surface area contributed by atoms with Crippen molar-refractivity contribution in [3.63, 3.8) is 0 Å². The van der Waals surface area contributed by atoms with Crippen molar-refractivity contribution < 1.29 is 18.7 Å². The second-order valence-corrected chi connectivity index (χ2v) is 9.83. The van der Waals surface area contributed by atoms with Crippen LogP contribution in [0.3, 0.4) is 0 Å². The van der Waals surface area contributed by atoms with Crippen LogP contribution in [0.2, 0.25) is 0 Å². The Morgan fingerprint density at radius 2 is 1.68 bits per heavy atom. The van der Waals surface area contributed by atoms with Gasteiger partial charge in [0.05, 0.1) is 18.5 Å². The summed E-state index contributed by atoms with van der Waals surface area (Å²) in [6.07, 6.45) is 3.37. The SMILES string of the molecule is CC.CC.CC.CC[C@@H]1CCCN(C(=O)c2ccc3c(n2)C(C)(C)CN3c2ccc(C)c(F)c2)C1.COC(C)=O. The first kappa shape index (κ1) is 37.0. The molecular formula is C33H54FN3O3. The van der Waals surface area contributed by atoms with E-state index in [4.69, 9.17) is 4.98 Å². The Morgan fingerprint density at radius 1 is 1.07 bits per heavy atom. The van der Waals surface area contributed by atoms with E-state index < -0.39 is 0 Å². The van der Waals surface area contributed by atoms with Gasteiger partial charge in [0.2, 0.25) is 0 Å². The van der Waals surface area contributed by atoms with E-state index in [0.29, 0.717) is 23.7 Å². The van der Waals surface area contributed by atoms with Gasteiger partial charge in [0.25, 0.3) is 5.91 Å². The van der Waals surface area contributed by atoms with Crippen LogP contribution in [0.4, 0.5) is 15.8 Å². The third kappa shape index (κ3) is 9.90. The molecule has 6 nitrogen and oxygen atoms in total. The average Bonchev–Trinajstić information content (AvgIpc) is 3.27. The van der Waals surface area contributed by atoms with Gasteiger partial charge in [0, 0.05) is 37.7 Å². The number of methoxy groups -OCH3 is 1. The number of carbonyl (C=O) groups excluding carboxylic acids is 2. The molecule has 0 bridgehead atoms. The van der Waals surface area contributed by atoms with E-state index >= 15 is 0 Å². The van der Waals surface area contributed by atoms with Gasteiger partial charge in [-0.2, -0.15) is 0 Å². The summed E-state index contributed by atoms with van der Waals surface area (Å²) in [5.41, 5.74) is 3.63. The van der Waals surface area contributed by atoms with Crippen LogP contribution in [-0.2, 0) is 14.9 Å². The number of piperidine rings is 1. The van der Waals surface area contributed by atoms with E-state index in [-0.39, 0.29) is 23.1 Å². The van der Waals surface area contributed by atoms with E-state index in [9.17, 15) is 14.0 Å². The Hall–Kier alpha value is -2.96. The summed E-state index contributed by atoms with van der Waals surface area (Å²) in [5, 5.41) is 0. The van der Waals surface area contributed by atoms with Gasteiger partial charge in [-0.3, -0.25) is 9.59 Å². The van der Waals surface area contributed by atoms with Gasteiger partial charge in [0.1, 0.15) is 11.5 Å². The zero-order valence-corrected chi connectivity index (χ0v) is 27.2. The zero-order chi connectivity index (χ0) is 31.0. The van der Waals surface area contributed by atoms with E-state index in [1.54, 1.807) is 13.0 Å². The number of rotatable bonds is 3. The molecule has 1 atom stereocenters. The van der Waals surface area contributed by atoms with E-state index in [0.717, 1.165) is 43.0 Å². The number of esters is 1. The van der Waals surface area contributed by atoms with Gasteiger partial charge in [-0.15, -0.1) is 0 Å². The Balaban J connectivity index is 0.00000121. The number of amides is 1. The fraction of sp³-hybridized carbons (Fsp3) is 0.606. The van der Waals surface area contributed by atoms with Crippen LogP contribution in [0.15, 0.2) is 30.3 Å². The number of hydrogen-bond donors (Lipinski definition) is 0. The number of benzene rings is 1. The maximum Gasteiger partial charge on any atom is 0.302 e. The van der Waals surface area contributed by atoms with Crippen LogP contribution in [-0.4, -0.2) is 48.5 Å². The molecule has 1 aromatic heterocycles. The lowest BCUT2D eigenvalue weighted by Crippen LogP contribution is -2.40. The van der Waals surface area contributed by atoms with Crippen molar-refractivity contribution in [2.45, 2.75) is 101 Å². The quantitative estimate of drug-likeness (QED) is 0.353. The molecular weight excluding hydrogens is 505 g/mol. The molecule has 1 amide bonds. The summed E-state index contributed by atoms with van der Waals surface area (Å²) < 4.78 is 18.3. The third-order valence-electron chi connectivity index (χ3n) is 6.72. The molecule has 7 heteroatoms. The minimum atomic E-state index is -0.245. The molecule has 226 valence electrons. The summed E-state index contributed by atoms with van der Waals surface area (Å²) in [5.74, 6) is 0.168. The molecule has 1 fully saturated rings. The summed E-state index contributed by atoms with van der Waals surface area (Å²) in [4.78, 5) is 31.6. The average molecular weight is 560 g/mol. The molecule has 0 N–H and O–H groups in total. The van der Waals surface area contributed by atoms with Crippen LogP contribution in [0.5, 0.6) is 0 Å². The number of aromatic nitrogens is 1. The van der Waals surface area contributed by atoms with Gasteiger partial charge in [-0.25, -0.2) is 9.37 Å². The van der Waals surface area contributed by atoms with Gasteiger partial charge >= 0.3 is 5.97 Å². The van der Waals surface area contributed by atoms with Crippen molar-refractivity contribution in [2.24, 2.45) is 5.92 Å². The Labute approximate surface area is 243 Å². The van der Waals surface area contributed by atoms with Crippen molar-refractivity contribution in [2.75, 3.05) is 31.6 Å². The molecule has 2 aliphatic rings. The Bertz CT molecular complexity index is 1060. The maximum absolute atomic E-state index is 14.1. The maximum atomic E-state index is 14.1. The molecule has 1 aromatic carbocycles. The predicted octanol–water partition coefficient (Wildman–Crippen LogP) is 8.48. The fourth-order valence-corrected chi connectivity index (χ4v) is 4.57. The third-order valence-corrected chi connectivity index (χ3v) is 6.72. The molecule has 0 saturated carbocycles. The van der Waals surface area contributed by atoms with Crippen LogP contribution in [0, 0.1) is 18.7 Å². The van der Waals surface area contributed by atoms with Crippen LogP contribution < -0.4 is 4.90 Å². The van der Waals surface area contributed by atoms with Gasteiger partial charge < -0.3 is 14.5 Å². The van der Waals surface area contributed by atoms with Gasteiger partial charge in [-0.05, 0) is 55.5 Å². The minimum absolute atomic E-state index is 0.0292. The number of carbonyl (C=O) groups is 2. The number of anilines is 2. The molecule has 2 aliphatic heterocycles. The Kier molecular flexibility index (Phi) is 17.0. The van der Waals surface area contributed by atoms with Crippen LogP contribution in [0.25, 0.3) is 0 Å². The minimum Gasteiger partial charge on any atom is -0.469 e. The van der Waals surface area contributed by atoms with E-state index in [1.807, 2.05) is 70.7 Å². The lowest BCUT2D eigenvalue weighted by atomic mass is 9.91. The highest BCUT2D eigenvalue weighted by molar-refractivity contribution is 5.93. The van der Waals surface area contributed by atoms with Crippen molar-refractivity contribution >= 4 is 23.3 Å². The highest BCUT2D eigenvalue weighted by Gasteiger charge is 2.38. The first-order valence-electron chi connectivity index (χ1n) is 15.0. The number of nitrogens with zero attached hydrogens (tertiary/aromatic N) is 3. The topological polar surface area (TPSA) is 62.7 Å². The number of hydrogen-bond acceptors (Lipinski definition) is 5. The summed E-state index contributed by atoms with van der Waals surface area (Å²) in [6.45, 7) is 23.9. The first-order valence-corrected chi connectivity index (χ1v) is 15.0. The lowest BCUT2D eigenvalue weighted by Gasteiger charge is -2.32. The molecule has 1 saturated heterocycles. The highest BCUT2D eigenvalue weighted by atomic mass is 19.1. The molecule has 2 aromatic rings. The second-order valence-electron chi connectivity index (χ2n) is 9.83. The lowest BCUT2D eigenvalue weighted by molar-refractivity contribution is -0.137. The predicted molar refractivity (Wildman–Crippen MR) is 166 cm³/mol. The number of pyridine rings is 1. The fourth-order valence-electron chi connectivity index (χ4n) is 4.57. The molecule has 40 heavy (non-hydrogen) atoms. The van der Waals surface area contributed by atoms with E-state index in [1.165, 1.54) is 20.5 Å². The largest absolute Gasteiger partial charge is 0.469 e. The van der Waals surface area contributed by atoms with Crippen LogP contribution in [0.1, 0.15) is 110 Å². The number of aryl methyl sites for hydroxylation is 1. The normalized spacial score (nSPS) is 16.3. The van der Waals surface area contributed by atoms with Crippen molar-refractivity contribution in [3.05, 3.63) is 53.1 Å². The number of halogens is 1. The van der Waals surface area contributed by atoms with Crippen molar-refractivity contribution in [1.82, 2.24) is 9.88 Å². The Morgan fingerprint density at radius 3 is 2.20 bits per heavy atom. The zero-order valence-electron chi connectivity index (χ0n) is 27.2. The van der Waals surface area contributed by atoms with Crippen molar-refractivity contribution in [1.29, 1.82) is 0 Å². The van der Waals surface area contributed by atoms with E-state index in [2.05, 4.69) is 30.4 Å². The number of fused-ring (bicyclic) bond motifs is 1. The number of likely N-dealkylation sites (tertiary alicyclic amines) is 1. The highest BCUT2D eigenvalue weighted by Crippen LogP contribution is 2.43. The second kappa shape index (κ2) is 18.4. The summed E-state index contributed by atoms with van der Waals surface area (Å²) in [7, 11) is 1.35. The summed E-state index contributed by atoms with van der Waals surface area (Å²) >= 11 is 0. The molecule has 0 spiro atoms. The molecule has 4 rings (SSSR count). The molecule has 0 radical (unpaired) electrons. The number of ether oxygens (including phenoxy) is 1.